The van der Waals surface area contributed by atoms with Gasteiger partial charge in [0.2, 0.25) is 0 Å². The van der Waals surface area contributed by atoms with E-state index in [4.69, 9.17) is 0 Å². The van der Waals surface area contributed by atoms with E-state index in [1.807, 2.05) is 13.8 Å². The van der Waals surface area contributed by atoms with Crippen LogP contribution >= 0.6 is 0 Å². The van der Waals surface area contributed by atoms with Gasteiger partial charge in [0, 0.05) is 6.42 Å². The summed E-state index contributed by atoms with van der Waals surface area (Å²) in [6.07, 6.45) is 12.7. The average molecular weight is 429 g/mol. The van der Waals surface area contributed by atoms with Crippen molar-refractivity contribution in [2.75, 3.05) is 0 Å². The van der Waals surface area contributed by atoms with Gasteiger partial charge in [0.1, 0.15) is 6.10 Å². The summed E-state index contributed by atoms with van der Waals surface area (Å²) in [6, 6.07) is 0. The van der Waals surface area contributed by atoms with Crippen molar-refractivity contribution < 1.29 is 15.3 Å². The minimum Gasteiger partial charge on any atom is -0.390 e. The molecule has 3 saturated carbocycles. The Kier molecular flexibility index (Phi) is 7.40. The Balaban J connectivity index is 1.72. The van der Waals surface area contributed by atoms with Crippen LogP contribution in [0.2, 0.25) is 0 Å². The molecule has 174 valence electrons. The van der Waals surface area contributed by atoms with Crippen LogP contribution in [0.5, 0.6) is 0 Å². The van der Waals surface area contributed by atoms with Crippen LogP contribution in [0.3, 0.4) is 0 Å². The summed E-state index contributed by atoms with van der Waals surface area (Å²) < 4.78 is 0. The molecule has 0 spiro atoms. The second kappa shape index (κ2) is 9.37. The van der Waals surface area contributed by atoms with Gasteiger partial charge in [-0.05, 0) is 92.3 Å². The van der Waals surface area contributed by atoms with Crippen molar-refractivity contribution in [2.45, 2.75) is 103 Å². The van der Waals surface area contributed by atoms with E-state index in [2.05, 4.69) is 39.2 Å². The van der Waals surface area contributed by atoms with Crippen LogP contribution in [0.25, 0.3) is 0 Å². The van der Waals surface area contributed by atoms with E-state index in [1.165, 1.54) is 37.7 Å². The molecule has 0 amide bonds. The first-order valence-electron chi connectivity index (χ1n) is 12.3. The minimum absolute atomic E-state index is 0.355. The molecule has 0 bridgehead atoms. The SMILES string of the molecule is C=C1/C(=C\C=C2/CCC[C@]3(C)[C@@H](C(C)CCCC(C)(C)O)CC[C@@H]23)C[C@@H](O)C(=C)[C@@H]1O. The Bertz CT molecular complexity index is 753. The van der Waals surface area contributed by atoms with Crippen molar-refractivity contribution in [1.82, 2.24) is 0 Å². The lowest BCUT2D eigenvalue weighted by atomic mass is 9.60. The molecule has 3 heteroatoms. The molecule has 3 aliphatic carbocycles. The van der Waals surface area contributed by atoms with Crippen molar-refractivity contribution in [3.63, 3.8) is 0 Å². The second-order valence-electron chi connectivity index (χ2n) is 11.4. The molecule has 3 N–H and O–H groups in total. The number of aliphatic hydroxyl groups excluding tert-OH is 2. The first-order chi connectivity index (χ1) is 14.4. The first kappa shape index (κ1) is 24.5. The molecule has 0 aliphatic heterocycles. The van der Waals surface area contributed by atoms with Gasteiger partial charge in [0.05, 0.1) is 11.7 Å². The zero-order valence-corrected chi connectivity index (χ0v) is 20.2. The summed E-state index contributed by atoms with van der Waals surface area (Å²) in [4.78, 5) is 0. The fourth-order valence-electron chi connectivity index (χ4n) is 6.71. The molecule has 3 nitrogen and oxygen atoms in total. The van der Waals surface area contributed by atoms with Crippen molar-refractivity contribution >= 4 is 0 Å². The predicted molar refractivity (Wildman–Crippen MR) is 129 cm³/mol. The maximum absolute atomic E-state index is 10.3. The maximum Gasteiger partial charge on any atom is 0.102 e. The van der Waals surface area contributed by atoms with E-state index in [0.29, 0.717) is 34.8 Å². The molecule has 0 aromatic heterocycles. The number of rotatable bonds is 6. The monoisotopic (exact) mass is 428 g/mol. The third kappa shape index (κ3) is 5.26. The number of hydrogen-bond acceptors (Lipinski definition) is 3. The summed E-state index contributed by atoms with van der Waals surface area (Å²) in [5, 5.41) is 30.5. The molecule has 1 unspecified atom stereocenters. The molecule has 0 heterocycles. The highest BCUT2D eigenvalue weighted by Gasteiger charge is 2.50. The lowest BCUT2D eigenvalue weighted by Gasteiger charge is -2.44. The summed E-state index contributed by atoms with van der Waals surface area (Å²) in [5.74, 6) is 2.05. The Morgan fingerprint density at radius 2 is 1.90 bits per heavy atom. The molecule has 0 saturated heterocycles. The Labute approximate surface area is 189 Å². The van der Waals surface area contributed by atoms with E-state index in [-0.39, 0.29) is 0 Å². The molecular formula is C28H44O3. The van der Waals surface area contributed by atoms with Crippen LogP contribution in [-0.2, 0) is 0 Å². The van der Waals surface area contributed by atoms with Crippen LogP contribution in [0.15, 0.2) is 47.6 Å². The highest BCUT2D eigenvalue weighted by molar-refractivity contribution is 5.45. The summed E-state index contributed by atoms with van der Waals surface area (Å²) in [5.41, 5.74) is 3.41. The molecule has 3 fully saturated rings. The van der Waals surface area contributed by atoms with Crippen LogP contribution in [-0.4, -0.2) is 33.1 Å². The van der Waals surface area contributed by atoms with Gasteiger partial charge in [-0.2, -0.15) is 0 Å². The maximum atomic E-state index is 10.3. The summed E-state index contributed by atoms with van der Waals surface area (Å²) in [6.45, 7) is 16.6. The van der Waals surface area contributed by atoms with Gasteiger partial charge in [0.15, 0.2) is 0 Å². The van der Waals surface area contributed by atoms with Gasteiger partial charge in [-0.25, -0.2) is 0 Å². The topological polar surface area (TPSA) is 60.7 Å². The van der Waals surface area contributed by atoms with Gasteiger partial charge < -0.3 is 15.3 Å². The highest BCUT2D eigenvalue weighted by atomic mass is 16.3. The molecule has 6 atom stereocenters. The molecule has 3 rings (SSSR count). The highest BCUT2D eigenvalue weighted by Crippen LogP contribution is 2.60. The predicted octanol–water partition coefficient (Wildman–Crippen LogP) is 5.87. The number of hydrogen-bond donors (Lipinski definition) is 3. The normalized spacial score (nSPS) is 38.0. The number of fused-ring (bicyclic) bond motifs is 1. The minimum atomic E-state index is -0.842. The van der Waals surface area contributed by atoms with Gasteiger partial charge in [-0.15, -0.1) is 0 Å². The summed E-state index contributed by atoms with van der Waals surface area (Å²) >= 11 is 0. The lowest BCUT2D eigenvalue weighted by Crippen LogP contribution is -2.36. The number of aliphatic hydroxyl groups is 3. The molecule has 0 aromatic rings. The third-order valence-corrected chi connectivity index (χ3v) is 8.61. The van der Waals surface area contributed by atoms with E-state index in [9.17, 15) is 15.3 Å². The van der Waals surface area contributed by atoms with E-state index < -0.39 is 17.8 Å². The van der Waals surface area contributed by atoms with Gasteiger partial charge in [0.25, 0.3) is 0 Å². The van der Waals surface area contributed by atoms with Crippen molar-refractivity contribution in [2.24, 2.45) is 23.2 Å². The molecule has 31 heavy (non-hydrogen) atoms. The fourth-order valence-corrected chi connectivity index (χ4v) is 6.71. The lowest BCUT2D eigenvalue weighted by molar-refractivity contribution is 0.0596. The standard InChI is InChI=1S/C28H44O3/c1-18(9-7-15-27(4,5)31)23-13-14-24-21(10-8-16-28(23,24)6)11-12-22-17-25(29)20(3)26(30)19(22)2/h11-12,18,23-26,29-31H,2-3,7-10,13-17H2,1,4-6H3/b21-11+,22-12-/t18?,23-,24+,25-,26-,28-/m1/s1. The van der Waals surface area contributed by atoms with Crippen LogP contribution in [0.1, 0.15) is 85.5 Å². The molecule has 3 aliphatic rings. The molecule has 0 radical (unpaired) electrons. The Morgan fingerprint density at radius 3 is 2.58 bits per heavy atom. The zero-order chi connectivity index (χ0) is 23.0. The van der Waals surface area contributed by atoms with E-state index in [1.54, 1.807) is 0 Å². The van der Waals surface area contributed by atoms with Crippen molar-refractivity contribution in [3.05, 3.63) is 47.6 Å². The van der Waals surface area contributed by atoms with E-state index in [0.717, 1.165) is 30.8 Å². The van der Waals surface area contributed by atoms with Crippen molar-refractivity contribution in [3.8, 4) is 0 Å². The largest absolute Gasteiger partial charge is 0.390 e. The van der Waals surface area contributed by atoms with Gasteiger partial charge >= 0.3 is 0 Å². The Hall–Kier alpha value is -1.16. The van der Waals surface area contributed by atoms with Crippen LogP contribution < -0.4 is 0 Å². The second-order valence-corrected chi connectivity index (χ2v) is 11.4. The van der Waals surface area contributed by atoms with Crippen molar-refractivity contribution in [1.29, 1.82) is 0 Å². The van der Waals surface area contributed by atoms with Gasteiger partial charge in [-0.3, -0.25) is 0 Å². The summed E-state index contributed by atoms with van der Waals surface area (Å²) in [7, 11) is 0. The van der Waals surface area contributed by atoms with Crippen LogP contribution in [0.4, 0.5) is 0 Å². The molecular weight excluding hydrogens is 384 g/mol. The quantitative estimate of drug-likeness (QED) is 0.464. The molecule has 0 aromatic carbocycles. The average Bonchev–Trinajstić information content (AvgIpc) is 3.04. The third-order valence-electron chi connectivity index (χ3n) is 8.61. The van der Waals surface area contributed by atoms with Gasteiger partial charge in [-0.1, -0.05) is 57.6 Å². The smallest absolute Gasteiger partial charge is 0.102 e. The number of allylic oxidation sites excluding steroid dienone is 3. The zero-order valence-electron chi connectivity index (χ0n) is 20.2. The van der Waals surface area contributed by atoms with Crippen LogP contribution in [0, 0.1) is 23.2 Å². The fraction of sp³-hybridized carbons (Fsp3) is 0.714. The Morgan fingerprint density at radius 1 is 1.19 bits per heavy atom. The van der Waals surface area contributed by atoms with E-state index >= 15 is 0 Å². The first-order valence-corrected chi connectivity index (χ1v) is 12.3.